The van der Waals surface area contributed by atoms with Gasteiger partial charge in [0.15, 0.2) is 0 Å². The summed E-state index contributed by atoms with van der Waals surface area (Å²) in [5, 5.41) is 4.74. The summed E-state index contributed by atoms with van der Waals surface area (Å²) in [5.41, 5.74) is 7.97. The van der Waals surface area contributed by atoms with E-state index in [1.54, 1.807) is 11.3 Å². The fourth-order valence-electron chi connectivity index (χ4n) is 1.61. The number of benzene rings is 1. The number of carbonyl (C=O) groups is 1. The number of thiophene rings is 1. The van der Waals surface area contributed by atoms with Gasteiger partial charge >= 0.3 is 0 Å². The first kappa shape index (κ1) is 11.8. The standard InChI is InChI=1S/C13H14N2OS/c1-9(16)15-11-6-4-10(5-7-11)13(14)12-3-2-8-17-12/h2-8,13H,14H2,1H3,(H,15,16)/t13-/m0/s1. The molecule has 0 unspecified atom stereocenters. The predicted octanol–water partition coefficient (Wildman–Crippen LogP) is 2.75. The summed E-state index contributed by atoms with van der Waals surface area (Å²) in [6.45, 7) is 1.49. The number of amides is 1. The highest BCUT2D eigenvalue weighted by Gasteiger charge is 2.09. The molecule has 0 saturated heterocycles. The van der Waals surface area contributed by atoms with Gasteiger partial charge in [0, 0.05) is 17.5 Å². The molecule has 0 aliphatic heterocycles. The Morgan fingerprint density at radius 3 is 2.53 bits per heavy atom. The predicted molar refractivity (Wildman–Crippen MR) is 71.1 cm³/mol. The summed E-state index contributed by atoms with van der Waals surface area (Å²) in [6, 6.07) is 11.5. The number of rotatable bonds is 3. The van der Waals surface area contributed by atoms with Gasteiger partial charge in [-0.2, -0.15) is 0 Å². The summed E-state index contributed by atoms with van der Waals surface area (Å²) < 4.78 is 0. The lowest BCUT2D eigenvalue weighted by atomic mass is 10.1. The van der Waals surface area contributed by atoms with Crippen molar-refractivity contribution in [2.75, 3.05) is 5.32 Å². The van der Waals surface area contributed by atoms with Crippen molar-refractivity contribution >= 4 is 22.9 Å². The number of hydrogen-bond acceptors (Lipinski definition) is 3. The molecule has 0 bridgehead atoms. The summed E-state index contributed by atoms with van der Waals surface area (Å²) >= 11 is 1.65. The van der Waals surface area contributed by atoms with Crippen LogP contribution in [0.5, 0.6) is 0 Å². The lowest BCUT2D eigenvalue weighted by Gasteiger charge is -2.10. The first-order valence-corrected chi connectivity index (χ1v) is 6.21. The molecule has 0 spiro atoms. The van der Waals surface area contributed by atoms with Crippen molar-refractivity contribution in [2.45, 2.75) is 13.0 Å². The highest BCUT2D eigenvalue weighted by atomic mass is 32.1. The quantitative estimate of drug-likeness (QED) is 0.875. The van der Waals surface area contributed by atoms with Crippen LogP contribution in [-0.4, -0.2) is 5.91 Å². The Bertz CT molecular complexity index is 491. The number of nitrogens with two attached hydrogens (primary N) is 1. The van der Waals surface area contributed by atoms with Gasteiger partial charge in [-0.3, -0.25) is 4.79 Å². The van der Waals surface area contributed by atoms with Crippen LogP contribution >= 0.6 is 11.3 Å². The van der Waals surface area contributed by atoms with Gasteiger partial charge in [0.05, 0.1) is 6.04 Å². The van der Waals surface area contributed by atoms with Crippen LogP contribution in [-0.2, 0) is 4.79 Å². The van der Waals surface area contributed by atoms with Gasteiger partial charge in [0.25, 0.3) is 0 Å². The van der Waals surface area contributed by atoms with E-state index in [0.717, 1.165) is 16.1 Å². The van der Waals surface area contributed by atoms with Crippen LogP contribution in [0.1, 0.15) is 23.4 Å². The average Bonchev–Trinajstić information content (AvgIpc) is 2.82. The van der Waals surface area contributed by atoms with Gasteiger partial charge in [0.1, 0.15) is 0 Å². The fourth-order valence-corrected chi connectivity index (χ4v) is 2.36. The number of anilines is 1. The molecule has 1 amide bonds. The maximum atomic E-state index is 10.9. The van der Waals surface area contributed by atoms with Gasteiger partial charge in [-0.1, -0.05) is 18.2 Å². The second-order valence-corrected chi connectivity index (χ2v) is 4.78. The van der Waals surface area contributed by atoms with Gasteiger partial charge in [-0.15, -0.1) is 11.3 Å². The van der Waals surface area contributed by atoms with Crippen LogP contribution in [0, 0.1) is 0 Å². The van der Waals surface area contributed by atoms with Gasteiger partial charge in [-0.05, 0) is 29.1 Å². The first-order chi connectivity index (χ1) is 8.16. The first-order valence-electron chi connectivity index (χ1n) is 5.33. The van der Waals surface area contributed by atoms with Crippen molar-refractivity contribution in [3.8, 4) is 0 Å². The Balaban J connectivity index is 2.15. The largest absolute Gasteiger partial charge is 0.326 e. The van der Waals surface area contributed by atoms with E-state index in [2.05, 4.69) is 5.32 Å². The zero-order valence-electron chi connectivity index (χ0n) is 9.51. The second-order valence-electron chi connectivity index (χ2n) is 3.80. The average molecular weight is 246 g/mol. The molecule has 1 aromatic heterocycles. The van der Waals surface area contributed by atoms with E-state index in [4.69, 9.17) is 5.73 Å². The van der Waals surface area contributed by atoms with Crippen LogP contribution < -0.4 is 11.1 Å². The molecule has 88 valence electrons. The van der Waals surface area contributed by atoms with Crippen LogP contribution in [0.2, 0.25) is 0 Å². The van der Waals surface area contributed by atoms with E-state index < -0.39 is 0 Å². The van der Waals surface area contributed by atoms with E-state index in [9.17, 15) is 4.79 Å². The molecule has 3 nitrogen and oxygen atoms in total. The van der Waals surface area contributed by atoms with Crippen LogP contribution in [0.4, 0.5) is 5.69 Å². The molecule has 4 heteroatoms. The molecule has 2 aromatic rings. The molecule has 0 radical (unpaired) electrons. The number of carbonyl (C=O) groups excluding carboxylic acids is 1. The second kappa shape index (κ2) is 5.12. The topological polar surface area (TPSA) is 55.1 Å². The van der Waals surface area contributed by atoms with Gasteiger partial charge < -0.3 is 11.1 Å². The molecule has 1 heterocycles. The molecular formula is C13H14N2OS. The zero-order valence-corrected chi connectivity index (χ0v) is 10.3. The van der Waals surface area contributed by atoms with Crippen LogP contribution in [0.25, 0.3) is 0 Å². The highest BCUT2D eigenvalue weighted by molar-refractivity contribution is 7.10. The normalized spacial score (nSPS) is 12.1. The van der Waals surface area contributed by atoms with Crippen LogP contribution in [0.3, 0.4) is 0 Å². The monoisotopic (exact) mass is 246 g/mol. The highest BCUT2D eigenvalue weighted by Crippen LogP contribution is 2.24. The van der Waals surface area contributed by atoms with E-state index in [1.165, 1.54) is 6.92 Å². The van der Waals surface area contributed by atoms with Crippen molar-refractivity contribution in [1.29, 1.82) is 0 Å². The minimum Gasteiger partial charge on any atom is -0.326 e. The maximum absolute atomic E-state index is 10.9. The summed E-state index contributed by atoms with van der Waals surface area (Å²) in [6.07, 6.45) is 0. The zero-order chi connectivity index (χ0) is 12.3. The van der Waals surface area contributed by atoms with E-state index in [-0.39, 0.29) is 11.9 Å². The van der Waals surface area contributed by atoms with E-state index in [1.807, 2.05) is 41.8 Å². The molecule has 1 aromatic carbocycles. The lowest BCUT2D eigenvalue weighted by molar-refractivity contribution is -0.114. The minimum atomic E-state index is -0.0959. The van der Waals surface area contributed by atoms with Crippen molar-refractivity contribution < 1.29 is 4.79 Å². The third-order valence-corrected chi connectivity index (χ3v) is 3.40. The molecular weight excluding hydrogens is 232 g/mol. The smallest absolute Gasteiger partial charge is 0.221 e. The van der Waals surface area contributed by atoms with Crippen molar-refractivity contribution in [2.24, 2.45) is 5.73 Å². The lowest BCUT2D eigenvalue weighted by Crippen LogP contribution is -2.10. The van der Waals surface area contributed by atoms with E-state index >= 15 is 0 Å². The van der Waals surface area contributed by atoms with Crippen molar-refractivity contribution in [3.05, 3.63) is 52.2 Å². The third kappa shape index (κ3) is 2.93. The summed E-state index contributed by atoms with van der Waals surface area (Å²) in [7, 11) is 0. The molecule has 2 rings (SSSR count). The molecule has 3 N–H and O–H groups in total. The minimum absolute atomic E-state index is 0.0692. The third-order valence-electron chi connectivity index (χ3n) is 2.44. The van der Waals surface area contributed by atoms with Crippen LogP contribution in [0.15, 0.2) is 41.8 Å². The number of hydrogen-bond donors (Lipinski definition) is 2. The maximum Gasteiger partial charge on any atom is 0.221 e. The number of nitrogens with one attached hydrogen (secondary N) is 1. The van der Waals surface area contributed by atoms with Crippen molar-refractivity contribution in [1.82, 2.24) is 0 Å². The molecule has 0 aliphatic carbocycles. The van der Waals surface area contributed by atoms with Crippen molar-refractivity contribution in [3.63, 3.8) is 0 Å². The Morgan fingerprint density at radius 1 is 1.29 bits per heavy atom. The van der Waals surface area contributed by atoms with Gasteiger partial charge in [-0.25, -0.2) is 0 Å². The Hall–Kier alpha value is -1.65. The Labute approximate surface area is 104 Å². The van der Waals surface area contributed by atoms with Gasteiger partial charge in [0.2, 0.25) is 5.91 Å². The Morgan fingerprint density at radius 2 is 2.00 bits per heavy atom. The van der Waals surface area contributed by atoms with E-state index in [0.29, 0.717) is 0 Å². The summed E-state index contributed by atoms with van der Waals surface area (Å²) in [4.78, 5) is 12.0. The molecule has 17 heavy (non-hydrogen) atoms. The fraction of sp³-hybridized carbons (Fsp3) is 0.154. The molecule has 1 atom stereocenters. The molecule has 0 aliphatic rings. The SMILES string of the molecule is CC(=O)Nc1ccc([C@H](N)c2cccs2)cc1. The molecule has 0 fully saturated rings. The Kier molecular flexibility index (Phi) is 3.56. The molecule has 0 saturated carbocycles. The summed E-state index contributed by atoms with van der Waals surface area (Å²) in [5.74, 6) is -0.0692.